The van der Waals surface area contributed by atoms with Gasteiger partial charge in [-0.05, 0) is 47.6 Å². The molecule has 0 spiro atoms. The number of aromatic hydroxyl groups is 1. The van der Waals surface area contributed by atoms with Gasteiger partial charge in [-0.25, -0.2) is 0 Å². The van der Waals surface area contributed by atoms with Crippen LogP contribution in [-0.4, -0.2) is 15.4 Å². The maximum absolute atomic E-state index is 9.91. The number of para-hydroxylation sites is 1. The first-order valence-corrected chi connectivity index (χ1v) is 7.97. The number of hydrogen-bond donors (Lipinski definition) is 1. The van der Waals surface area contributed by atoms with Crippen LogP contribution in [0, 0.1) is 0 Å². The Bertz CT molecular complexity index is 363. The molecule has 18 heavy (non-hydrogen) atoms. The topological polar surface area (TPSA) is 20.2 Å². The van der Waals surface area contributed by atoms with Crippen LogP contribution in [0.5, 0.6) is 5.75 Å². The molecule has 0 saturated heterocycles. The lowest BCUT2D eigenvalue weighted by molar-refractivity contribution is -0.00000528. The van der Waals surface area contributed by atoms with Gasteiger partial charge in [0.05, 0.1) is 16.5 Å². The molecule has 0 atom stereocenters. The van der Waals surface area contributed by atoms with E-state index in [0.717, 1.165) is 11.7 Å². The van der Waals surface area contributed by atoms with E-state index < -0.39 is 7.92 Å². The van der Waals surface area contributed by atoms with Gasteiger partial charge in [0.2, 0.25) is 0 Å². The van der Waals surface area contributed by atoms with Gasteiger partial charge in [-0.3, -0.25) is 0 Å². The van der Waals surface area contributed by atoms with Gasteiger partial charge in [-0.15, -0.1) is 0 Å². The standard InChI is InChI=1S/C15H25OP.HI/c1-14(2,3)17(15(4,5)6)11-12-9-7-8-10-13(12)16;/h7-10,16H,11H2,1-6H3;1H. The maximum Gasteiger partial charge on any atom is 0.122 e. The van der Waals surface area contributed by atoms with Gasteiger partial charge in [0.15, 0.2) is 0 Å². The SMILES string of the molecule is CC(C)(C)[PH+](Cc1ccccc1O)C(C)(C)C.[I-]. The summed E-state index contributed by atoms with van der Waals surface area (Å²) < 4.78 is 0. The van der Waals surface area contributed by atoms with E-state index in [2.05, 4.69) is 47.6 Å². The lowest BCUT2D eigenvalue weighted by Gasteiger charge is -2.34. The molecular formula is C15H26IOP. The summed E-state index contributed by atoms with van der Waals surface area (Å²) in [7, 11) is -0.610. The van der Waals surface area contributed by atoms with Crippen LogP contribution < -0.4 is 24.0 Å². The van der Waals surface area contributed by atoms with Crippen molar-refractivity contribution < 1.29 is 29.1 Å². The summed E-state index contributed by atoms with van der Waals surface area (Å²) in [5.41, 5.74) is 1.10. The molecule has 0 fully saturated rings. The molecule has 3 heteroatoms. The third kappa shape index (κ3) is 5.05. The van der Waals surface area contributed by atoms with Gasteiger partial charge in [-0.2, -0.15) is 0 Å². The Morgan fingerprint density at radius 1 is 0.944 bits per heavy atom. The van der Waals surface area contributed by atoms with E-state index in [1.165, 1.54) is 0 Å². The average Bonchev–Trinajstić information content (AvgIpc) is 2.12. The second-order valence-electron chi connectivity index (χ2n) is 6.78. The van der Waals surface area contributed by atoms with Crippen molar-refractivity contribution in [3.05, 3.63) is 29.8 Å². The lowest BCUT2D eigenvalue weighted by atomic mass is 10.2. The van der Waals surface area contributed by atoms with E-state index in [0.29, 0.717) is 16.1 Å². The van der Waals surface area contributed by atoms with E-state index in [9.17, 15) is 5.11 Å². The fourth-order valence-corrected chi connectivity index (χ4v) is 6.50. The zero-order chi connectivity index (χ0) is 13.3. The first kappa shape index (κ1) is 18.2. The molecule has 1 rings (SSSR count). The Morgan fingerprint density at radius 3 is 1.78 bits per heavy atom. The Kier molecular flexibility index (Phi) is 6.63. The summed E-state index contributed by atoms with van der Waals surface area (Å²) in [5, 5.41) is 10.6. The van der Waals surface area contributed by atoms with E-state index in [1.54, 1.807) is 6.07 Å². The Labute approximate surface area is 130 Å². The fourth-order valence-electron chi connectivity index (χ4n) is 2.51. The summed E-state index contributed by atoms with van der Waals surface area (Å²) in [6.07, 6.45) is 1.03. The molecule has 1 nitrogen and oxygen atoms in total. The molecule has 0 aliphatic heterocycles. The van der Waals surface area contributed by atoms with E-state index in [-0.39, 0.29) is 24.0 Å². The molecule has 1 aromatic rings. The lowest BCUT2D eigenvalue weighted by Crippen LogP contribution is -3.00. The van der Waals surface area contributed by atoms with E-state index in [4.69, 9.17) is 0 Å². The first-order chi connectivity index (χ1) is 7.62. The van der Waals surface area contributed by atoms with Crippen LogP contribution in [0.1, 0.15) is 47.1 Å². The molecule has 0 radical (unpaired) electrons. The minimum atomic E-state index is -0.610. The van der Waals surface area contributed by atoms with Crippen molar-refractivity contribution in [1.29, 1.82) is 0 Å². The minimum absolute atomic E-state index is 0. The third-order valence-electron chi connectivity index (χ3n) is 3.17. The number of rotatable bonds is 2. The van der Waals surface area contributed by atoms with Gasteiger partial charge in [-0.1, -0.05) is 18.2 Å². The average molecular weight is 380 g/mol. The number of hydrogen-bond acceptors (Lipinski definition) is 1. The molecule has 0 aliphatic rings. The van der Waals surface area contributed by atoms with Crippen molar-refractivity contribution in [2.45, 2.75) is 58.0 Å². The molecular weight excluding hydrogens is 354 g/mol. The van der Waals surface area contributed by atoms with Crippen LogP contribution in [0.2, 0.25) is 0 Å². The smallest absolute Gasteiger partial charge is 0.122 e. The summed E-state index contributed by atoms with van der Waals surface area (Å²) in [6, 6.07) is 7.75. The Morgan fingerprint density at radius 2 is 1.39 bits per heavy atom. The van der Waals surface area contributed by atoms with Gasteiger partial charge >= 0.3 is 0 Å². The summed E-state index contributed by atoms with van der Waals surface area (Å²) >= 11 is 0. The molecule has 0 heterocycles. The van der Waals surface area contributed by atoms with Crippen molar-refractivity contribution >= 4 is 7.92 Å². The number of phenols is 1. The summed E-state index contributed by atoms with van der Waals surface area (Å²) in [6.45, 7) is 14.0. The Balaban J connectivity index is 0.00000289. The van der Waals surface area contributed by atoms with Gasteiger partial charge in [0.25, 0.3) is 0 Å². The van der Waals surface area contributed by atoms with E-state index >= 15 is 0 Å². The number of phenolic OH excluding ortho intramolecular Hbond substituents is 1. The second-order valence-corrected chi connectivity index (χ2v) is 11.1. The normalized spacial score (nSPS) is 12.4. The molecule has 1 N–H and O–H groups in total. The van der Waals surface area contributed by atoms with Crippen LogP contribution in [0.25, 0.3) is 0 Å². The largest absolute Gasteiger partial charge is 1.00 e. The zero-order valence-electron chi connectivity index (χ0n) is 12.3. The van der Waals surface area contributed by atoms with Crippen molar-refractivity contribution in [2.24, 2.45) is 0 Å². The fraction of sp³-hybridized carbons (Fsp3) is 0.600. The summed E-state index contributed by atoms with van der Waals surface area (Å²) in [4.78, 5) is 0. The molecule has 0 bridgehead atoms. The quantitative estimate of drug-likeness (QED) is 0.612. The molecule has 0 aromatic heterocycles. The zero-order valence-corrected chi connectivity index (χ0v) is 15.5. The predicted octanol–water partition coefficient (Wildman–Crippen LogP) is 1.71. The van der Waals surface area contributed by atoms with Crippen LogP contribution in [-0.2, 0) is 6.16 Å². The van der Waals surface area contributed by atoms with Crippen molar-refractivity contribution in [1.82, 2.24) is 0 Å². The second kappa shape index (κ2) is 6.56. The minimum Gasteiger partial charge on any atom is -1.00 e. The highest BCUT2D eigenvalue weighted by Crippen LogP contribution is 2.61. The van der Waals surface area contributed by atoms with Gasteiger partial charge in [0.1, 0.15) is 5.75 Å². The van der Waals surface area contributed by atoms with Crippen molar-refractivity contribution in [3.8, 4) is 5.75 Å². The number of halogens is 1. The number of benzene rings is 1. The molecule has 1 aromatic carbocycles. The highest BCUT2D eigenvalue weighted by Gasteiger charge is 2.42. The van der Waals surface area contributed by atoms with Crippen molar-refractivity contribution in [2.75, 3.05) is 0 Å². The highest BCUT2D eigenvalue weighted by molar-refractivity contribution is 7.60. The van der Waals surface area contributed by atoms with Crippen LogP contribution in [0.4, 0.5) is 0 Å². The predicted molar refractivity (Wildman–Crippen MR) is 79.6 cm³/mol. The summed E-state index contributed by atoms with van der Waals surface area (Å²) in [5.74, 6) is 0.448. The van der Waals surface area contributed by atoms with Crippen LogP contribution >= 0.6 is 7.92 Å². The molecule has 0 aliphatic carbocycles. The maximum atomic E-state index is 9.91. The van der Waals surface area contributed by atoms with E-state index in [1.807, 2.05) is 12.1 Å². The third-order valence-corrected chi connectivity index (χ3v) is 7.53. The van der Waals surface area contributed by atoms with Crippen molar-refractivity contribution in [3.63, 3.8) is 0 Å². The highest BCUT2D eigenvalue weighted by atomic mass is 127. The molecule has 0 unspecified atom stereocenters. The molecule has 0 amide bonds. The van der Waals surface area contributed by atoms with Crippen LogP contribution in [0.3, 0.4) is 0 Å². The monoisotopic (exact) mass is 380 g/mol. The van der Waals surface area contributed by atoms with Gasteiger partial charge < -0.3 is 29.1 Å². The molecule has 0 saturated carbocycles. The first-order valence-electron chi connectivity index (χ1n) is 6.26. The Hall–Kier alpha value is 0.180. The molecule has 104 valence electrons. The van der Waals surface area contributed by atoms with Gasteiger partial charge in [0, 0.05) is 13.5 Å². The van der Waals surface area contributed by atoms with Crippen LogP contribution in [0.15, 0.2) is 24.3 Å².